The largest absolute Gasteiger partial charge is 0.447 e. The number of amides is 1. The predicted octanol–water partition coefficient (Wildman–Crippen LogP) is 4.77. The SMILES string of the molecule is COCCOC(=O)Nc1cccc([C@H]2CN(C)Cc3c(Cl)cc(Cl)cc32)c1. The van der Waals surface area contributed by atoms with Gasteiger partial charge in [-0.25, -0.2) is 4.79 Å². The molecule has 1 atom stereocenters. The second-order valence-electron chi connectivity index (χ2n) is 6.58. The second kappa shape index (κ2) is 8.93. The highest BCUT2D eigenvalue weighted by Crippen LogP contribution is 2.38. The Bertz CT molecular complexity index is 829. The van der Waals surface area contributed by atoms with Crippen LogP contribution in [0.15, 0.2) is 36.4 Å². The van der Waals surface area contributed by atoms with Crippen LogP contribution in [0.5, 0.6) is 0 Å². The van der Waals surface area contributed by atoms with E-state index in [0.29, 0.717) is 22.3 Å². The number of nitrogens with zero attached hydrogens (tertiary/aromatic N) is 1. The Morgan fingerprint density at radius 2 is 2.07 bits per heavy atom. The van der Waals surface area contributed by atoms with Crippen LogP contribution in [-0.4, -0.2) is 44.9 Å². The molecule has 0 bridgehead atoms. The van der Waals surface area contributed by atoms with Gasteiger partial charge in [0.05, 0.1) is 6.61 Å². The average molecular weight is 409 g/mol. The van der Waals surface area contributed by atoms with Crippen LogP contribution in [0.2, 0.25) is 10.0 Å². The quantitative estimate of drug-likeness (QED) is 0.724. The summed E-state index contributed by atoms with van der Waals surface area (Å²) >= 11 is 12.7. The zero-order valence-electron chi connectivity index (χ0n) is 15.3. The van der Waals surface area contributed by atoms with Gasteiger partial charge >= 0.3 is 6.09 Å². The molecule has 0 unspecified atom stereocenters. The van der Waals surface area contributed by atoms with Crippen LogP contribution in [0.3, 0.4) is 0 Å². The monoisotopic (exact) mass is 408 g/mol. The molecule has 0 radical (unpaired) electrons. The van der Waals surface area contributed by atoms with Crippen LogP contribution in [0, 0.1) is 0 Å². The average Bonchev–Trinajstić information content (AvgIpc) is 2.62. The van der Waals surface area contributed by atoms with Crippen molar-refractivity contribution >= 4 is 35.0 Å². The maximum atomic E-state index is 11.9. The molecule has 1 aliphatic rings. The molecule has 3 rings (SSSR count). The molecule has 0 saturated carbocycles. The van der Waals surface area contributed by atoms with E-state index in [1.807, 2.05) is 30.3 Å². The summed E-state index contributed by atoms with van der Waals surface area (Å²) in [5, 5.41) is 4.07. The van der Waals surface area contributed by atoms with Gasteiger partial charge in [0.2, 0.25) is 0 Å². The summed E-state index contributed by atoms with van der Waals surface area (Å²) in [6.07, 6.45) is -0.503. The smallest absolute Gasteiger partial charge is 0.411 e. The second-order valence-corrected chi connectivity index (χ2v) is 7.43. The van der Waals surface area contributed by atoms with Crippen molar-refractivity contribution in [1.29, 1.82) is 0 Å². The van der Waals surface area contributed by atoms with Gasteiger partial charge in [-0.15, -0.1) is 0 Å². The number of carbonyl (C=O) groups excluding carboxylic acids is 1. The van der Waals surface area contributed by atoms with Gasteiger partial charge in [0.1, 0.15) is 6.61 Å². The number of benzene rings is 2. The Labute approximate surface area is 169 Å². The van der Waals surface area contributed by atoms with Gasteiger partial charge in [0.15, 0.2) is 0 Å². The van der Waals surface area contributed by atoms with Crippen molar-refractivity contribution in [3.63, 3.8) is 0 Å². The van der Waals surface area contributed by atoms with Gasteiger partial charge in [-0.2, -0.15) is 0 Å². The Morgan fingerprint density at radius 3 is 2.85 bits per heavy atom. The first kappa shape index (κ1) is 20.0. The summed E-state index contributed by atoms with van der Waals surface area (Å²) in [7, 11) is 3.62. The lowest BCUT2D eigenvalue weighted by molar-refractivity contribution is 0.107. The molecule has 2 aromatic rings. The number of nitrogens with one attached hydrogen (secondary N) is 1. The third-order valence-corrected chi connectivity index (χ3v) is 5.10. The Balaban J connectivity index is 1.84. The fourth-order valence-corrected chi connectivity index (χ4v) is 3.90. The van der Waals surface area contributed by atoms with Crippen LogP contribution >= 0.6 is 23.2 Å². The van der Waals surface area contributed by atoms with Crippen molar-refractivity contribution in [3.05, 3.63) is 63.1 Å². The molecule has 0 fully saturated rings. The van der Waals surface area contributed by atoms with E-state index in [-0.39, 0.29) is 12.5 Å². The Hall–Kier alpha value is -1.79. The molecule has 1 heterocycles. The minimum absolute atomic E-state index is 0.112. The van der Waals surface area contributed by atoms with E-state index in [2.05, 4.69) is 17.3 Å². The minimum atomic E-state index is -0.503. The fraction of sp³-hybridized carbons (Fsp3) is 0.350. The molecule has 1 amide bonds. The van der Waals surface area contributed by atoms with E-state index in [0.717, 1.165) is 29.8 Å². The van der Waals surface area contributed by atoms with Crippen LogP contribution < -0.4 is 5.32 Å². The molecule has 0 aliphatic carbocycles. The number of likely N-dealkylation sites (N-methyl/N-ethyl adjacent to an activating group) is 1. The standard InChI is InChI=1S/C20H22Cl2N2O3/c1-24-11-17(16-9-14(21)10-19(22)18(16)12-24)13-4-3-5-15(8-13)23-20(25)27-7-6-26-2/h3-5,8-10,17H,6-7,11-12H2,1-2H3,(H,23,25)/t17-/m1/s1. The van der Waals surface area contributed by atoms with Crippen molar-refractivity contribution in [1.82, 2.24) is 4.90 Å². The van der Waals surface area contributed by atoms with E-state index in [4.69, 9.17) is 32.7 Å². The van der Waals surface area contributed by atoms with Gasteiger partial charge in [0.25, 0.3) is 0 Å². The van der Waals surface area contributed by atoms with Gasteiger partial charge < -0.3 is 14.4 Å². The lowest BCUT2D eigenvalue weighted by Crippen LogP contribution is -2.31. The molecule has 7 heteroatoms. The predicted molar refractivity (Wildman–Crippen MR) is 108 cm³/mol. The summed E-state index contributed by atoms with van der Waals surface area (Å²) < 4.78 is 9.93. The fourth-order valence-electron chi connectivity index (χ4n) is 3.34. The molecule has 5 nitrogen and oxygen atoms in total. The van der Waals surface area contributed by atoms with Crippen molar-refractivity contribution in [2.24, 2.45) is 0 Å². The van der Waals surface area contributed by atoms with Gasteiger partial charge in [-0.3, -0.25) is 5.32 Å². The van der Waals surface area contributed by atoms with E-state index in [1.54, 1.807) is 13.2 Å². The lowest BCUT2D eigenvalue weighted by Gasteiger charge is -2.33. The number of fused-ring (bicyclic) bond motifs is 1. The van der Waals surface area contributed by atoms with Crippen molar-refractivity contribution in [3.8, 4) is 0 Å². The van der Waals surface area contributed by atoms with Gasteiger partial charge in [-0.1, -0.05) is 35.3 Å². The molecule has 27 heavy (non-hydrogen) atoms. The summed E-state index contributed by atoms with van der Waals surface area (Å²) in [6, 6.07) is 11.5. The van der Waals surface area contributed by atoms with E-state index in [1.165, 1.54) is 0 Å². The first-order chi connectivity index (χ1) is 13.0. The first-order valence-electron chi connectivity index (χ1n) is 8.67. The number of hydrogen-bond acceptors (Lipinski definition) is 4. The molecule has 0 aromatic heterocycles. The zero-order valence-corrected chi connectivity index (χ0v) is 16.8. The number of carbonyl (C=O) groups is 1. The Kier molecular flexibility index (Phi) is 6.60. The third-order valence-electron chi connectivity index (χ3n) is 4.55. The topological polar surface area (TPSA) is 50.8 Å². The number of ether oxygens (including phenoxy) is 2. The van der Waals surface area contributed by atoms with Crippen molar-refractivity contribution < 1.29 is 14.3 Å². The van der Waals surface area contributed by atoms with E-state index < -0.39 is 6.09 Å². The molecule has 2 aromatic carbocycles. The minimum Gasteiger partial charge on any atom is -0.447 e. The van der Waals surface area contributed by atoms with Gasteiger partial charge in [-0.05, 0) is 48.0 Å². The van der Waals surface area contributed by atoms with Gasteiger partial charge in [0, 0.05) is 41.8 Å². The summed E-state index contributed by atoms with van der Waals surface area (Å²) in [5.74, 6) is 0.112. The maximum absolute atomic E-state index is 11.9. The number of anilines is 1. The number of methoxy groups -OCH3 is 1. The highest BCUT2D eigenvalue weighted by Gasteiger charge is 2.27. The number of rotatable bonds is 5. The highest BCUT2D eigenvalue weighted by molar-refractivity contribution is 6.35. The summed E-state index contributed by atoms with van der Waals surface area (Å²) in [5.41, 5.74) is 3.98. The lowest BCUT2D eigenvalue weighted by atomic mass is 9.84. The highest BCUT2D eigenvalue weighted by atomic mass is 35.5. The first-order valence-corrected chi connectivity index (χ1v) is 9.42. The third kappa shape index (κ3) is 4.93. The molecule has 144 valence electrons. The van der Waals surface area contributed by atoms with Crippen LogP contribution in [0.25, 0.3) is 0 Å². The van der Waals surface area contributed by atoms with Crippen LogP contribution in [0.4, 0.5) is 10.5 Å². The molecule has 0 spiro atoms. The zero-order chi connectivity index (χ0) is 19.4. The molecular weight excluding hydrogens is 387 g/mol. The van der Waals surface area contributed by atoms with Crippen LogP contribution in [-0.2, 0) is 16.0 Å². The molecule has 1 N–H and O–H groups in total. The van der Waals surface area contributed by atoms with E-state index in [9.17, 15) is 4.79 Å². The number of halogens is 2. The summed E-state index contributed by atoms with van der Waals surface area (Å²) in [4.78, 5) is 14.1. The van der Waals surface area contributed by atoms with Crippen LogP contribution in [0.1, 0.15) is 22.6 Å². The molecule has 0 saturated heterocycles. The normalized spacial score (nSPS) is 16.7. The Morgan fingerprint density at radius 1 is 1.26 bits per heavy atom. The molecular formula is C20H22Cl2N2O3. The molecule has 1 aliphatic heterocycles. The van der Waals surface area contributed by atoms with Crippen molar-refractivity contribution in [2.45, 2.75) is 12.5 Å². The van der Waals surface area contributed by atoms with E-state index >= 15 is 0 Å². The summed E-state index contributed by atoms with van der Waals surface area (Å²) in [6.45, 7) is 2.19. The van der Waals surface area contributed by atoms with Crippen molar-refractivity contribution in [2.75, 3.05) is 39.2 Å². The number of hydrogen-bond donors (Lipinski definition) is 1. The maximum Gasteiger partial charge on any atom is 0.411 e.